The maximum atomic E-state index is 13.1. The summed E-state index contributed by atoms with van der Waals surface area (Å²) in [6.07, 6.45) is 1.39. The van der Waals surface area contributed by atoms with Crippen LogP contribution in [0.3, 0.4) is 0 Å². The van der Waals surface area contributed by atoms with Crippen LogP contribution in [0.4, 0.5) is 5.13 Å². The number of rotatable bonds is 4. The maximum Gasteiger partial charge on any atom is 0.298 e. The molecule has 0 saturated carbocycles. The van der Waals surface area contributed by atoms with Crippen molar-refractivity contribution in [1.82, 2.24) is 4.98 Å². The average Bonchev–Trinajstić information content (AvgIpc) is 3.10. The molecule has 0 fully saturated rings. The van der Waals surface area contributed by atoms with Gasteiger partial charge in [-0.25, -0.2) is 4.98 Å². The summed E-state index contributed by atoms with van der Waals surface area (Å²) >= 11 is 1.50. The molecule has 1 amide bonds. The molecule has 0 spiro atoms. The van der Waals surface area contributed by atoms with Crippen molar-refractivity contribution in [3.63, 3.8) is 0 Å². The van der Waals surface area contributed by atoms with E-state index in [4.69, 9.17) is 9.47 Å². The summed E-state index contributed by atoms with van der Waals surface area (Å²) in [5, 5.41) is 0.648. The topological polar surface area (TPSA) is 51.7 Å². The number of carbonyl (C=O) groups is 1. The molecule has 0 saturated heterocycles. The van der Waals surface area contributed by atoms with Crippen molar-refractivity contribution in [3.05, 3.63) is 71.7 Å². The molecular formula is C20H18N2O3S. The fourth-order valence-corrected chi connectivity index (χ4v) is 3.80. The fourth-order valence-electron chi connectivity index (χ4n) is 2.74. The summed E-state index contributed by atoms with van der Waals surface area (Å²) in [6, 6.07) is 15.9. The van der Waals surface area contributed by atoms with Crippen LogP contribution in [-0.4, -0.2) is 24.1 Å². The monoisotopic (exact) mass is 366 g/mol. The van der Waals surface area contributed by atoms with E-state index in [9.17, 15) is 4.79 Å². The molecule has 0 N–H and O–H groups in total. The zero-order chi connectivity index (χ0) is 17.9. The molecule has 2 heterocycles. The van der Waals surface area contributed by atoms with Crippen LogP contribution in [0.5, 0.6) is 0 Å². The summed E-state index contributed by atoms with van der Waals surface area (Å²) in [5.41, 5.74) is 3.07. The zero-order valence-corrected chi connectivity index (χ0v) is 15.2. The zero-order valence-electron chi connectivity index (χ0n) is 14.3. The summed E-state index contributed by atoms with van der Waals surface area (Å²) in [5.74, 6) is -0.0352. The van der Waals surface area contributed by atoms with Crippen LogP contribution in [0.2, 0.25) is 0 Å². The Balaban J connectivity index is 1.73. The summed E-state index contributed by atoms with van der Waals surface area (Å²) in [7, 11) is 0. The predicted octanol–water partition coefficient (Wildman–Crippen LogP) is 4.03. The Bertz CT molecular complexity index is 966. The third kappa shape index (κ3) is 3.41. The van der Waals surface area contributed by atoms with Gasteiger partial charge in [-0.1, -0.05) is 47.7 Å². The van der Waals surface area contributed by atoms with Crippen LogP contribution in [0.15, 0.2) is 60.6 Å². The number of hydrogen-bond donors (Lipinski definition) is 0. The predicted molar refractivity (Wildman–Crippen MR) is 102 cm³/mol. The highest BCUT2D eigenvalue weighted by Gasteiger charge is 2.26. The van der Waals surface area contributed by atoms with Gasteiger partial charge in [-0.05, 0) is 30.2 Å². The van der Waals surface area contributed by atoms with Crippen molar-refractivity contribution >= 4 is 32.6 Å². The molecule has 4 rings (SSSR count). The Kier molecular flexibility index (Phi) is 4.58. The van der Waals surface area contributed by atoms with Crippen molar-refractivity contribution < 1.29 is 14.3 Å². The van der Waals surface area contributed by atoms with Crippen LogP contribution in [-0.2, 0) is 20.8 Å². The van der Waals surface area contributed by atoms with Crippen molar-refractivity contribution in [2.75, 3.05) is 18.1 Å². The first-order chi connectivity index (χ1) is 12.7. The molecule has 6 heteroatoms. The normalized spacial score (nSPS) is 13.7. The molecular weight excluding hydrogens is 348 g/mol. The molecule has 3 aromatic rings. The SMILES string of the molecule is Cc1ccc2nc(N(Cc3ccccc3)C(=O)C3=COCCO3)sc2c1. The molecule has 0 atom stereocenters. The molecule has 0 radical (unpaired) electrons. The smallest absolute Gasteiger partial charge is 0.298 e. The average molecular weight is 366 g/mol. The first-order valence-corrected chi connectivity index (χ1v) is 9.20. The van der Waals surface area contributed by atoms with Crippen LogP contribution < -0.4 is 4.90 Å². The number of aromatic nitrogens is 1. The summed E-state index contributed by atoms with van der Waals surface area (Å²) < 4.78 is 11.8. The van der Waals surface area contributed by atoms with Crippen LogP contribution in [0.1, 0.15) is 11.1 Å². The van der Waals surface area contributed by atoms with Crippen molar-refractivity contribution in [2.45, 2.75) is 13.5 Å². The molecule has 0 unspecified atom stereocenters. The lowest BCUT2D eigenvalue weighted by Crippen LogP contribution is -2.33. The number of ether oxygens (including phenoxy) is 2. The highest BCUT2D eigenvalue weighted by Crippen LogP contribution is 2.31. The Labute approximate surface area is 155 Å². The van der Waals surface area contributed by atoms with Crippen LogP contribution >= 0.6 is 11.3 Å². The lowest BCUT2D eigenvalue weighted by atomic mass is 10.2. The fraction of sp³-hybridized carbons (Fsp3) is 0.200. The Morgan fingerprint density at radius 3 is 2.81 bits per heavy atom. The molecule has 26 heavy (non-hydrogen) atoms. The number of nitrogens with zero attached hydrogens (tertiary/aromatic N) is 2. The van der Waals surface area contributed by atoms with Gasteiger partial charge < -0.3 is 9.47 Å². The second-order valence-electron chi connectivity index (χ2n) is 6.05. The lowest BCUT2D eigenvalue weighted by Gasteiger charge is -2.23. The van der Waals surface area contributed by atoms with Crippen molar-refractivity contribution in [3.8, 4) is 0 Å². The molecule has 2 aromatic carbocycles. The number of carbonyl (C=O) groups excluding carboxylic acids is 1. The van der Waals surface area contributed by atoms with E-state index in [1.54, 1.807) is 4.90 Å². The van der Waals surface area contributed by atoms with E-state index >= 15 is 0 Å². The van der Waals surface area contributed by atoms with E-state index in [1.165, 1.54) is 23.2 Å². The highest BCUT2D eigenvalue weighted by molar-refractivity contribution is 7.22. The van der Waals surface area contributed by atoms with Gasteiger partial charge in [0.25, 0.3) is 5.91 Å². The van der Waals surface area contributed by atoms with E-state index in [2.05, 4.69) is 11.1 Å². The first kappa shape index (κ1) is 16.6. The molecule has 132 valence electrons. The van der Waals surface area contributed by atoms with E-state index in [0.29, 0.717) is 24.9 Å². The van der Waals surface area contributed by atoms with E-state index in [-0.39, 0.29) is 11.7 Å². The largest absolute Gasteiger partial charge is 0.494 e. The number of fused-ring (bicyclic) bond motifs is 1. The molecule has 1 aromatic heterocycles. The minimum atomic E-state index is -0.246. The van der Waals surface area contributed by atoms with Gasteiger partial charge in [0.2, 0.25) is 5.76 Å². The Hall–Kier alpha value is -2.86. The molecule has 1 aliphatic heterocycles. The number of anilines is 1. The van der Waals surface area contributed by atoms with Gasteiger partial charge in [0.05, 0.1) is 16.8 Å². The van der Waals surface area contributed by atoms with Gasteiger partial charge in [-0.3, -0.25) is 9.69 Å². The van der Waals surface area contributed by atoms with E-state index in [1.807, 2.05) is 49.4 Å². The van der Waals surface area contributed by atoms with Gasteiger partial charge in [0.15, 0.2) is 5.13 Å². The summed E-state index contributed by atoms with van der Waals surface area (Å²) in [6.45, 7) is 3.29. The summed E-state index contributed by atoms with van der Waals surface area (Å²) in [4.78, 5) is 19.4. The third-order valence-corrected chi connectivity index (χ3v) is 5.09. The van der Waals surface area contributed by atoms with Crippen LogP contribution in [0.25, 0.3) is 10.2 Å². The standard InChI is InChI=1S/C20H18N2O3S/c1-14-7-8-16-18(11-14)26-20(21-16)22(12-15-5-3-2-4-6-15)19(23)17-13-24-9-10-25-17/h2-8,11,13H,9-10,12H2,1H3. The van der Waals surface area contributed by atoms with E-state index in [0.717, 1.165) is 15.8 Å². The van der Waals surface area contributed by atoms with Crippen LogP contribution in [0, 0.1) is 6.92 Å². The molecule has 5 nitrogen and oxygen atoms in total. The minimum Gasteiger partial charge on any atom is -0.494 e. The second kappa shape index (κ2) is 7.17. The first-order valence-electron chi connectivity index (χ1n) is 8.38. The van der Waals surface area contributed by atoms with Crippen molar-refractivity contribution in [1.29, 1.82) is 0 Å². The minimum absolute atomic E-state index is 0.211. The van der Waals surface area contributed by atoms with Gasteiger partial charge in [-0.15, -0.1) is 0 Å². The number of benzene rings is 2. The quantitative estimate of drug-likeness (QED) is 0.700. The molecule has 1 aliphatic rings. The second-order valence-corrected chi connectivity index (χ2v) is 7.05. The maximum absolute atomic E-state index is 13.1. The van der Waals surface area contributed by atoms with Crippen molar-refractivity contribution in [2.24, 2.45) is 0 Å². The Morgan fingerprint density at radius 1 is 1.19 bits per heavy atom. The number of thiazole rings is 1. The lowest BCUT2D eigenvalue weighted by molar-refractivity contribution is -0.119. The number of hydrogen-bond acceptors (Lipinski definition) is 5. The Morgan fingerprint density at radius 2 is 2.04 bits per heavy atom. The number of aryl methyl sites for hydroxylation is 1. The van der Waals surface area contributed by atoms with Gasteiger partial charge in [0.1, 0.15) is 19.5 Å². The number of amides is 1. The van der Waals surface area contributed by atoms with Gasteiger partial charge in [0, 0.05) is 0 Å². The van der Waals surface area contributed by atoms with Gasteiger partial charge >= 0.3 is 0 Å². The van der Waals surface area contributed by atoms with E-state index < -0.39 is 0 Å². The third-order valence-electron chi connectivity index (χ3n) is 4.05. The molecule has 0 aliphatic carbocycles. The van der Waals surface area contributed by atoms with Gasteiger partial charge in [-0.2, -0.15) is 0 Å². The molecule has 0 bridgehead atoms. The highest BCUT2D eigenvalue weighted by atomic mass is 32.1.